The summed E-state index contributed by atoms with van der Waals surface area (Å²) in [6.45, 7) is 0.862. The highest BCUT2D eigenvalue weighted by atomic mass is 19.1. The molecule has 1 aliphatic heterocycles. The van der Waals surface area contributed by atoms with E-state index in [1.165, 1.54) is 11.9 Å². The van der Waals surface area contributed by atoms with E-state index in [0.29, 0.717) is 19.2 Å². The van der Waals surface area contributed by atoms with Gasteiger partial charge in [0.05, 0.1) is 12.1 Å². The first-order valence-electron chi connectivity index (χ1n) is 5.61. The van der Waals surface area contributed by atoms with Crippen LogP contribution in [0.3, 0.4) is 0 Å². The maximum Gasteiger partial charge on any atom is 0.254 e. The van der Waals surface area contributed by atoms with Gasteiger partial charge in [0.25, 0.3) is 5.91 Å². The second-order valence-corrected chi connectivity index (χ2v) is 4.37. The Bertz CT molecular complexity index is 447. The Morgan fingerprint density at radius 3 is 2.44 bits per heavy atom. The molecule has 0 unspecified atom stereocenters. The molecule has 2 N–H and O–H groups in total. The molecule has 6 heteroatoms. The van der Waals surface area contributed by atoms with Crippen molar-refractivity contribution in [1.82, 2.24) is 10.2 Å². The number of rotatable bonds is 2. The maximum atomic E-state index is 13.0. The summed E-state index contributed by atoms with van der Waals surface area (Å²) in [7, 11) is 1.51. The van der Waals surface area contributed by atoms with E-state index >= 15 is 0 Å². The van der Waals surface area contributed by atoms with Gasteiger partial charge in [-0.15, -0.1) is 0 Å². The number of carbonyl (C=O) groups excluding carboxylic acids is 1. The number of nitrogens with zero attached hydrogens (tertiary/aromatic N) is 1. The topological polar surface area (TPSA) is 52.6 Å². The van der Waals surface area contributed by atoms with Crippen LogP contribution in [0.15, 0.2) is 18.2 Å². The highest BCUT2D eigenvalue weighted by molar-refractivity contribution is 5.94. The molecule has 0 aliphatic carbocycles. The number of likely N-dealkylation sites (N-methyl/N-ethyl adjacent to an activating group) is 1. The third kappa shape index (κ3) is 2.49. The zero-order valence-electron chi connectivity index (χ0n) is 9.86. The number of halogens is 2. The van der Waals surface area contributed by atoms with Crippen LogP contribution < -0.4 is 5.32 Å². The van der Waals surface area contributed by atoms with Gasteiger partial charge in [-0.2, -0.15) is 0 Å². The van der Waals surface area contributed by atoms with E-state index in [1.807, 2.05) is 0 Å². The van der Waals surface area contributed by atoms with Crippen LogP contribution in [0.1, 0.15) is 10.4 Å². The van der Waals surface area contributed by atoms with Gasteiger partial charge in [0.1, 0.15) is 11.6 Å². The van der Waals surface area contributed by atoms with Crippen molar-refractivity contribution in [2.75, 3.05) is 20.1 Å². The first-order valence-corrected chi connectivity index (χ1v) is 5.61. The first kappa shape index (κ1) is 12.9. The molecule has 4 nitrogen and oxygen atoms in total. The van der Waals surface area contributed by atoms with Crippen LogP contribution in [0.5, 0.6) is 0 Å². The summed E-state index contributed by atoms with van der Waals surface area (Å²) in [5.41, 5.74) is -0.0610. The lowest BCUT2D eigenvalue weighted by molar-refractivity contribution is 0.0580. The highest BCUT2D eigenvalue weighted by Gasteiger charge is 2.31. The van der Waals surface area contributed by atoms with E-state index in [1.54, 1.807) is 0 Å². The fourth-order valence-electron chi connectivity index (χ4n) is 2.08. The van der Waals surface area contributed by atoms with Crippen LogP contribution >= 0.6 is 0 Å². The number of carbonyl (C=O) groups is 1. The van der Waals surface area contributed by atoms with Gasteiger partial charge in [-0.25, -0.2) is 8.78 Å². The normalized spacial score (nSPS) is 23.1. The minimum absolute atomic E-state index is 0.0610. The molecule has 0 spiro atoms. The number of hydrogen-bond acceptors (Lipinski definition) is 3. The van der Waals surface area contributed by atoms with Crippen molar-refractivity contribution in [1.29, 1.82) is 0 Å². The standard InChI is InChI=1S/C12H14F2N2O2/c1-16(10-5-15-6-11(10)17)12(18)7-2-8(13)4-9(14)3-7/h2-4,10-11,15,17H,5-6H2,1H3/t10-,11-/m0/s1. The fraction of sp³-hybridized carbons (Fsp3) is 0.417. The molecule has 0 bridgehead atoms. The SMILES string of the molecule is CN(C(=O)c1cc(F)cc(F)c1)[C@H]1CNC[C@@H]1O. The molecule has 1 amide bonds. The predicted molar refractivity (Wildman–Crippen MR) is 61.1 cm³/mol. The molecule has 1 aromatic carbocycles. The zero-order chi connectivity index (χ0) is 13.3. The summed E-state index contributed by atoms with van der Waals surface area (Å²) in [4.78, 5) is 13.3. The molecule has 0 radical (unpaired) electrons. The summed E-state index contributed by atoms with van der Waals surface area (Å²) in [5, 5.41) is 12.6. The van der Waals surface area contributed by atoms with E-state index < -0.39 is 23.6 Å². The van der Waals surface area contributed by atoms with Crippen molar-refractivity contribution in [2.24, 2.45) is 0 Å². The average Bonchev–Trinajstić information content (AvgIpc) is 2.72. The summed E-state index contributed by atoms with van der Waals surface area (Å²) < 4.78 is 26.1. The lowest BCUT2D eigenvalue weighted by Gasteiger charge is -2.26. The van der Waals surface area contributed by atoms with Crippen molar-refractivity contribution in [3.8, 4) is 0 Å². The minimum atomic E-state index is -0.795. The van der Waals surface area contributed by atoms with Crippen molar-refractivity contribution >= 4 is 5.91 Å². The van der Waals surface area contributed by atoms with Gasteiger partial charge in [0.15, 0.2) is 0 Å². The number of benzene rings is 1. The van der Waals surface area contributed by atoms with Crippen LogP contribution in [-0.4, -0.2) is 48.2 Å². The van der Waals surface area contributed by atoms with E-state index in [4.69, 9.17) is 0 Å². The second kappa shape index (κ2) is 4.99. The van der Waals surface area contributed by atoms with Gasteiger partial charge in [-0.1, -0.05) is 0 Å². The Morgan fingerprint density at radius 2 is 1.94 bits per heavy atom. The summed E-state index contributed by atoms with van der Waals surface area (Å²) >= 11 is 0. The van der Waals surface area contributed by atoms with Gasteiger partial charge in [0, 0.05) is 31.8 Å². The van der Waals surface area contributed by atoms with Gasteiger partial charge < -0.3 is 15.3 Å². The number of nitrogens with one attached hydrogen (secondary N) is 1. The molecule has 0 saturated carbocycles. The monoisotopic (exact) mass is 256 g/mol. The van der Waals surface area contributed by atoms with Crippen molar-refractivity contribution in [2.45, 2.75) is 12.1 Å². The fourth-order valence-corrected chi connectivity index (χ4v) is 2.08. The van der Waals surface area contributed by atoms with Crippen LogP contribution in [0, 0.1) is 11.6 Å². The Hall–Kier alpha value is -1.53. The van der Waals surface area contributed by atoms with Crippen LogP contribution in [-0.2, 0) is 0 Å². The Kier molecular flexibility index (Phi) is 3.58. The number of aliphatic hydroxyl groups excluding tert-OH is 1. The lowest BCUT2D eigenvalue weighted by Crippen LogP contribution is -2.44. The first-order chi connectivity index (χ1) is 8.49. The van der Waals surface area contributed by atoms with E-state index in [9.17, 15) is 18.7 Å². The molecular formula is C12H14F2N2O2. The molecule has 1 saturated heterocycles. The molecule has 2 atom stereocenters. The van der Waals surface area contributed by atoms with E-state index in [0.717, 1.165) is 12.1 Å². The van der Waals surface area contributed by atoms with E-state index in [2.05, 4.69) is 5.32 Å². The molecule has 0 aromatic heterocycles. The van der Waals surface area contributed by atoms with Gasteiger partial charge >= 0.3 is 0 Å². The molecule has 1 heterocycles. The van der Waals surface area contributed by atoms with Crippen LogP contribution in [0.2, 0.25) is 0 Å². The van der Waals surface area contributed by atoms with Gasteiger partial charge in [0.2, 0.25) is 0 Å². The number of aliphatic hydroxyl groups is 1. The Labute approximate surface area is 103 Å². The predicted octanol–water partition coefficient (Wildman–Crippen LogP) is 0.369. The van der Waals surface area contributed by atoms with Crippen LogP contribution in [0.4, 0.5) is 8.78 Å². The average molecular weight is 256 g/mol. The molecular weight excluding hydrogens is 242 g/mol. The number of β-amino-alcohol motifs (C(OH)–C–C–N with tert-alkyl or cyclic N) is 1. The Morgan fingerprint density at radius 1 is 1.33 bits per heavy atom. The van der Waals surface area contributed by atoms with Crippen molar-refractivity contribution < 1.29 is 18.7 Å². The van der Waals surface area contributed by atoms with Crippen LogP contribution in [0.25, 0.3) is 0 Å². The molecule has 1 aromatic rings. The lowest BCUT2D eigenvalue weighted by atomic mass is 10.1. The van der Waals surface area contributed by atoms with Gasteiger partial charge in [-0.3, -0.25) is 4.79 Å². The van der Waals surface area contributed by atoms with Crippen molar-refractivity contribution in [3.63, 3.8) is 0 Å². The zero-order valence-corrected chi connectivity index (χ0v) is 9.86. The number of hydrogen-bond donors (Lipinski definition) is 2. The molecule has 18 heavy (non-hydrogen) atoms. The summed E-state index contributed by atoms with van der Waals surface area (Å²) in [5.74, 6) is -2.10. The summed E-state index contributed by atoms with van der Waals surface area (Å²) in [6, 6.07) is 2.29. The van der Waals surface area contributed by atoms with Crippen molar-refractivity contribution in [3.05, 3.63) is 35.4 Å². The smallest absolute Gasteiger partial charge is 0.254 e. The van der Waals surface area contributed by atoms with E-state index in [-0.39, 0.29) is 11.6 Å². The van der Waals surface area contributed by atoms with Gasteiger partial charge in [-0.05, 0) is 12.1 Å². The number of amides is 1. The molecule has 2 rings (SSSR count). The second-order valence-electron chi connectivity index (χ2n) is 4.37. The maximum absolute atomic E-state index is 13.0. The quantitative estimate of drug-likeness (QED) is 0.804. The Balaban J connectivity index is 2.19. The summed E-state index contributed by atoms with van der Waals surface area (Å²) in [6.07, 6.45) is -0.669. The highest BCUT2D eigenvalue weighted by Crippen LogP contribution is 2.14. The minimum Gasteiger partial charge on any atom is -0.390 e. The molecule has 98 valence electrons. The molecule has 1 fully saturated rings. The third-order valence-corrected chi connectivity index (χ3v) is 3.08. The molecule has 1 aliphatic rings. The largest absolute Gasteiger partial charge is 0.390 e. The third-order valence-electron chi connectivity index (χ3n) is 3.08.